The smallest absolute Gasteiger partial charge is 0.335 e. The second-order valence-corrected chi connectivity index (χ2v) is 53.5. The summed E-state index contributed by atoms with van der Waals surface area (Å²) in [5.74, 6) is 8.98. The predicted octanol–water partition coefficient (Wildman–Crippen LogP) is 33.7. The maximum Gasteiger partial charge on any atom is 0.335 e. The van der Waals surface area contributed by atoms with Gasteiger partial charge in [0, 0.05) is 78.2 Å². The number of benzene rings is 10. The fraction of sp³-hybridized carbons (Fsp3) is 0.205. The van der Waals surface area contributed by atoms with E-state index in [1.165, 1.54) is 72.3 Å². The van der Waals surface area contributed by atoms with Gasteiger partial charge in [0.25, 0.3) is 0 Å². The largest absolute Gasteiger partial charge is 0.478 e. The minimum absolute atomic E-state index is 0.0861. The molecule has 0 aliphatic carbocycles. The molecule has 0 saturated heterocycles. The number of rotatable bonds is 37. The molecule has 0 aliphatic heterocycles. The summed E-state index contributed by atoms with van der Waals surface area (Å²) in [5, 5.41) is 11.5. The monoisotopic (exact) mass is 1810 g/mol. The van der Waals surface area contributed by atoms with Crippen LogP contribution in [0.25, 0.3) is 0 Å². The molecule has 550 valence electrons. The Balaban J connectivity index is 0.000000204. The van der Waals surface area contributed by atoms with Gasteiger partial charge < -0.3 is 5.11 Å². The lowest BCUT2D eigenvalue weighted by atomic mass is 10.1. The van der Waals surface area contributed by atoms with Crippen molar-refractivity contribution < 1.29 is 14.7 Å². The van der Waals surface area contributed by atoms with Gasteiger partial charge in [-0.05, 0) is 249 Å². The summed E-state index contributed by atoms with van der Waals surface area (Å²) in [4.78, 5) is 22.3. The molecule has 10 aromatic rings. The predicted molar refractivity (Wildman–Crippen MR) is 509 cm³/mol. The SMILES string of the molecule is CC(=O)c1cccc(CSSSSCc2cccc(C(=O)O)c2)c1.Cc1cccc(CSSSSCc2cccc(C)c2)c1.Cc1cccc(CSSSSCc2cccc(Cl)c2)c1.Cc1ccccc1CSSSSCc1ccccc1C.Clc1ccccc1CSSSSCc1ccccc1Cl. The van der Waals surface area contributed by atoms with Gasteiger partial charge in [-0.15, -0.1) is 0 Å². The van der Waals surface area contributed by atoms with E-state index >= 15 is 0 Å². The number of carbonyl (C=O) groups excluding carboxylic acids is 1. The normalized spacial score (nSPS) is 10.7. The summed E-state index contributed by atoms with van der Waals surface area (Å²) < 4.78 is 0. The molecule has 1 N–H and O–H groups in total. The number of halogens is 3. The summed E-state index contributed by atoms with van der Waals surface area (Å²) in [6.45, 7) is 12.4. The number of ketones is 1. The van der Waals surface area contributed by atoms with Crippen molar-refractivity contribution >= 4 is 253 Å². The fourth-order valence-corrected chi connectivity index (χ4v) is 38.9. The van der Waals surface area contributed by atoms with Crippen LogP contribution < -0.4 is 0 Å². The maximum absolute atomic E-state index is 11.4. The number of hydrogen-bond donors (Lipinski definition) is 1. The summed E-state index contributed by atoms with van der Waals surface area (Å²) in [6.07, 6.45) is 0. The Bertz CT molecular complexity index is 3650. The van der Waals surface area contributed by atoms with Crippen LogP contribution in [0.15, 0.2) is 243 Å². The summed E-state index contributed by atoms with van der Waals surface area (Å²) in [6, 6.07) is 82.1. The first kappa shape index (κ1) is 92.1. The van der Waals surface area contributed by atoms with Crippen LogP contribution in [0.2, 0.25) is 15.1 Å². The molecule has 0 fully saturated rings. The zero-order chi connectivity index (χ0) is 74.2. The average Bonchev–Trinajstić information content (AvgIpc) is 0.928. The average molecular weight is 1810 g/mol. The van der Waals surface area contributed by atoms with E-state index in [1.807, 2.05) is 209 Å². The van der Waals surface area contributed by atoms with Crippen molar-refractivity contribution in [3.63, 3.8) is 0 Å². The first-order valence-corrected chi connectivity index (χ1v) is 58.8. The second-order valence-electron chi connectivity index (χ2n) is 22.2. The van der Waals surface area contributed by atoms with Gasteiger partial charge in [0.2, 0.25) is 0 Å². The van der Waals surface area contributed by atoms with Crippen molar-refractivity contribution in [1.29, 1.82) is 0 Å². The highest BCUT2D eigenvalue weighted by Gasteiger charge is 2.08. The van der Waals surface area contributed by atoms with Gasteiger partial charge in [0.15, 0.2) is 5.78 Å². The topological polar surface area (TPSA) is 54.4 Å². The van der Waals surface area contributed by atoms with Crippen LogP contribution in [0.3, 0.4) is 0 Å². The van der Waals surface area contributed by atoms with Crippen LogP contribution in [-0.4, -0.2) is 16.9 Å². The third kappa shape index (κ3) is 41.7. The molecule has 0 amide bonds. The Morgan fingerprint density at radius 3 is 0.846 bits per heavy atom. The van der Waals surface area contributed by atoms with Crippen LogP contribution in [0, 0.1) is 34.6 Å². The number of Topliss-reactive ketones (excluding diaryl/α,β-unsaturated/α-hetero) is 1. The highest BCUT2D eigenvalue weighted by atomic mass is 35.5. The van der Waals surface area contributed by atoms with Gasteiger partial charge in [-0.25, -0.2) is 4.79 Å². The molecular weight excluding hydrogens is 1730 g/mol. The molecule has 10 rings (SSSR count). The number of hydrogen-bond acceptors (Lipinski definition) is 22. The maximum atomic E-state index is 11.4. The van der Waals surface area contributed by atoms with E-state index in [1.54, 1.807) is 108 Å². The second kappa shape index (κ2) is 57.3. The zero-order valence-corrected chi connectivity index (χ0v) is 76.3. The molecule has 104 heavy (non-hydrogen) atoms. The van der Waals surface area contributed by atoms with Crippen LogP contribution >= 0.6 is 241 Å². The Morgan fingerprint density at radius 1 is 0.279 bits per heavy atom. The van der Waals surface area contributed by atoms with E-state index in [2.05, 4.69) is 174 Å². The molecule has 26 heteroatoms. The fourth-order valence-electron chi connectivity index (χ4n) is 8.58. The Morgan fingerprint density at radius 2 is 0.538 bits per heavy atom. The van der Waals surface area contributed by atoms with Crippen LogP contribution in [-0.2, 0) is 57.5 Å². The van der Waals surface area contributed by atoms with Crippen molar-refractivity contribution in [2.24, 2.45) is 0 Å². The lowest BCUT2D eigenvalue weighted by Crippen LogP contribution is -1.96. The summed E-state index contributed by atoms with van der Waals surface area (Å²) >= 11 is 18.2. The molecule has 0 unspecified atom stereocenters. The molecule has 0 spiro atoms. The number of carbonyl (C=O) groups is 2. The minimum Gasteiger partial charge on any atom is -0.478 e. The molecule has 0 bridgehead atoms. The van der Waals surface area contributed by atoms with Crippen molar-refractivity contribution in [3.05, 3.63) is 352 Å². The van der Waals surface area contributed by atoms with Crippen LogP contribution in [0.1, 0.15) is 111 Å². The van der Waals surface area contributed by atoms with Gasteiger partial charge >= 0.3 is 5.97 Å². The third-order valence-electron chi connectivity index (χ3n) is 13.9. The lowest BCUT2D eigenvalue weighted by molar-refractivity contribution is 0.0696. The van der Waals surface area contributed by atoms with Gasteiger partial charge in [-0.3, -0.25) is 4.79 Å². The molecule has 0 heterocycles. The lowest BCUT2D eigenvalue weighted by Gasteiger charge is -2.05. The third-order valence-corrected chi connectivity index (χ3v) is 46.5. The van der Waals surface area contributed by atoms with Crippen LogP contribution in [0.5, 0.6) is 0 Å². The van der Waals surface area contributed by atoms with Crippen molar-refractivity contribution in [2.75, 3.05) is 0 Å². The van der Waals surface area contributed by atoms with Crippen molar-refractivity contribution in [1.82, 2.24) is 0 Å². The van der Waals surface area contributed by atoms with E-state index in [0.29, 0.717) is 5.56 Å². The number of carboxylic acids is 1. The van der Waals surface area contributed by atoms with Gasteiger partial charge in [-0.1, -0.05) is 360 Å². The molecule has 0 aliphatic rings. The Labute approximate surface area is 709 Å². The van der Waals surface area contributed by atoms with E-state index < -0.39 is 5.97 Å². The highest BCUT2D eigenvalue weighted by Crippen LogP contribution is 2.50. The molecule has 0 saturated carbocycles. The van der Waals surface area contributed by atoms with Crippen molar-refractivity contribution in [2.45, 2.75) is 99.1 Å². The quantitative estimate of drug-likeness (QED) is 0.0228. The molecule has 10 aromatic carbocycles. The number of aryl methyl sites for hydroxylation is 5. The van der Waals surface area contributed by atoms with Gasteiger partial charge in [-0.2, -0.15) is 0 Å². The molecular formula is C78H79Cl3O3S20. The minimum atomic E-state index is -0.896. The highest BCUT2D eigenvalue weighted by molar-refractivity contribution is 9.27. The van der Waals surface area contributed by atoms with Crippen LogP contribution in [0.4, 0.5) is 0 Å². The zero-order valence-electron chi connectivity index (χ0n) is 57.7. The van der Waals surface area contributed by atoms with E-state index in [0.717, 1.165) is 89.3 Å². The van der Waals surface area contributed by atoms with E-state index in [9.17, 15) is 9.59 Å². The summed E-state index contributed by atoms with van der Waals surface area (Å²) in [7, 11) is 36.5. The Hall–Kier alpha value is -0.790. The molecule has 0 radical (unpaired) electrons. The first-order valence-electron chi connectivity index (χ1n) is 31.9. The first-order chi connectivity index (χ1) is 50.6. The van der Waals surface area contributed by atoms with Gasteiger partial charge in [0.05, 0.1) is 5.56 Å². The molecule has 0 atom stereocenters. The molecule has 0 aromatic heterocycles. The Kier molecular flexibility index (Phi) is 50.7. The van der Waals surface area contributed by atoms with Gasteiger partial charge in [0.1, 0.15) is 0 Å². The summed E-state index contributed by atoms with van der Waals surface area (Å²) in [5.41, 5.74) is 20.7. The van der Waals surface area contributed by atoms with Crippen molar-refractivity contribution in [3.8, 4) is 0 Å². The number of aromatic carboxylic acids is 1. The number of carboxylic acid groups (broad SMARTS) is 1. The molecule has 3 nitrogen and oxygen atoms in total. The van der Waals surface area contributed by atoms with E-state index in [-0.39, 0.29) is 5.78 Å². The van der Waals surface area contributed by atoms with E-state index in [4.69, 9.17) is 39.9 Å². The standard InChI is InChI=1S/C17H16O3S4.2C16H18S4.C15H15ClS4.C14H12Cl2S4/c1-12(18)15-6-2-4-13(8-15)10-21-23-24-22-11-14-5-3-7-16(9-14)17(19)20;1-13-5-3-7-15(9-13)11-17-19-20-18-12-16-8-4-6-14(2)10-16;1-13-7-3-5-9-15(13)11-17-19-20-18-12-16-10-6-4-8-14(16)2;1-12-4-2-5-13(8-12)10-17-19-20-18-11-14-6-3-7-15(16)9-14;15-13-7-3-1-5-11(13)9-17-19-20-18-10-12-6-2-4-8-14(12)16/h2-9H,10-11H2,1H3,(H,19,20);2*3-10H,11-12H2,1-2H3;2-9H,10-11H2,1H3;1-8H,9-10H2.